The van der Waals surface area contributed by atoms with Crippen molar-refractivity contribution >= 4 is 22.8 Å². The highest BCUT2D eigenvalue weighted by Crippen LogP contribution is 2.40. The highest BCUT2D eigenvalue weighted by Gasteiger charge is 2.36. The Bertz CT molecular complexity index is 1160. The van der Waals surface area contributed by atoms with E-state index in [1.54, 1.807) is 30.3 Å². The van der Waals surface area contributed by atoms with Gasteiger partial charge < -0.3 is 25.1 Å². The molecule has 6 nitrogen and oxygen atoms in total. The molecule has 1 heterocycles. The number of halogens is 3. The van der Waals surface area contributed by atoms with E-state index in [0.29, 0.717) is 68.0 Å². The molecule has 1 saturated heterocycles. The fraction of sp³-hybridized carbons (Fsp3) is 0.429. The van der Waals surface area contributed by atoms with E-state index in [-0.39, 0.29) is 29.2 Å². The molecule has 2 fully saturated rings. The molecule has 3 aliphatic rings. The molecule has 0 radical (unpaired) electrons. The van der Waals surface area contributed by atoms with Crippen molar-refractivity contribution in [1.82, 2.24) is 5.32 Å². The Labute approximate surface area is 215 Å². The third-order valence-corrected chi connectivity index (χ3v) is 6.88. The molecule has 0 spiro atoms. The molecule has 0 aromatic heterocycles. The first-order valence-electron chi connectivity index (χ1n) is 12.4. The smallest absolute Gasteiger partial charge is 0.418 e. The minimum atomic E-state index is -4.54. The number of Topliss-reactive ketones (excluding diaryl/α,β-unsaturated/α-hetero) is 1. The molecule has 0 amide bonds. The molecule has 37 heavy (non-hydrogen) atoms. The maximum Gasteiger partial charge on any atom is 0.418 e. The third kappa shape index (κ3) is 6.15. The van der Waals surface area contributed by atoms with Crippen LogP contribution in [-0.2, 0) is 20.4 Å². The van der Waals surface area contributed by atoms with Gasteiger partial charge in [0.15, 0.2) is 0 Å². The summed E-state index contributed by atoms with van der Waals surface area (Å²) < 4.78 is 53.8. The number of carbonyl (C=O) groups excluding carboxylic acids is 1. The van der Waals surface area contributed by atoms with Crippen LogP contribution in [0.15, 0.2) is 60.0 Å². The normalized spacial score (nSPS) is 23.1. The van der Waals surface area contributed by atoms with Crippen LogP contribution in [0, 0.1) is 11.3 Å². The largest absolute Gasteiger partial charge is 0.490 e. The Kier molecular flexibility index (Phi) is 7.92. The van der Waals surface area contributed by atoms with Crippen LogP contribution < -0.4 is 10.2 Å². The van der Waals surface area contributed by atoms with Gasteiger partial charge in [-0.05, 0) is 48.8 Å². The maximum absolute atomic E-state index is 14.1. The van der Waals surface area contributed by atoms with Crippen molar-refractivity contribution in [2.75, 3.05) is 38.3 Å². The molecule has 1 aromatic rings. The summed E-state index contributed by atoms with van der Waals surface area (Å²) in [5.74, 6) is 0.436. The van der Waals surface area contributed by atoms with Crippen molar-refractivity contribution in [3.8, 4) is 0 Å². The van der Waals surface area contributed by atoms with Gasteiger partial charge in [-0.25, -0.2) is 0 Å². The van der Waals surface area contributed by atoms with Gasteiger partial charge >= 0.3 is 6.18 Å². The van der Waals surface area contributed by atoms with Crippen LogP contribution in [0.3, 0.4) is 0 Å². The van der Waals surface area contributed by atoms with E-state index in [1.165, 1.54) is 12.1 Å². The number of ketones is 1. The summed E-state index contributed by atoms with van der Waals surface area (Å²) in [6, 6.07) is 4.27. The third-order valence-electron chi connectivity index (χ3n) is 6.88. The average molecular weight is 516 g/mol. The zero-order chi connectivity index (χ0) is 26.7. The molecule has 2 N–H and O–H groups in total. The van der Waals surface area contributed by atoms with Crippen molar-refractivity contribution in [3.05, 3.63) is 71.2 Å². The van der Waals surface area contributed by atoms with Crippen LogP contribution in [0.4, 0.5) is 18.9 Å². The predicted octanol–water partition coefficient (Wildman–Crippen LogP) is 5.28. The lowest BCUT2D eigenvalue weighted by Crippen LogP contribution is -2.37. The second kappa shape index (κ2) is 11.0. The molecule has 2 atom stereocenters. The van der Waals surface area contributed by atoms with Gasteiger partial charge in [-0.15, -0.1) is 0 Å². The number of ether oxygens (including phenoxy) is 2. The predicted molar refractivity (Wildman–Crippen MR) is 137 cm³/mol. The molecular weight excluding hydrogens is 483 g/mol. The van der Waals surface area contributed by atoms with Gasteiger partial charge in [0.1, 0.15) is 11.5 Å². The van der Waals surface area contributed by atoms with E-state index in [0.717, 1.165) is 11.6 Å². The van der Waals surface area contributed by atoms with E-state index in [9.17, 15) is 18.0 Å². The first-order chi connectivity index (χ1) is 17.6. The summed E-state index contributed by atoms with van der Waals surface area (Å²) in [7, 11) is 1.70. The number of alkyl halides is 3. The van der Waals surface area contributed by atoms with Crippen molar-refractivity contribution in [3.63, 3.8) is 0 Å². The second-order valence-electron chi connectivity index (χ2n) is 9.65. The van der Waals surface area contributed by atoms with Gasteiger partial charge in [0, 0.05) is 50.8 Å². The number of hydrogen-bond acceptors (Lipinski definition) is 6. The van der Waals surface area contributed by atoms with Gasteiger partial charge in [-0.2, -0.15) is 13.2 Å². The number of hydrogen-bond donors (Lipinski definition) is 2. The van der Waals surface area contributed by atoms with Gasteiger partial charge in [-0.3, -0.25) is 4.79 Å². The summed E-state index contributed by atoms with van der Waals surface area (Å²) in [5, 5.41) is 11.5. The number of nitrogens with zero attached hydrogens (tertiary/aromatic N) is 1. The Morgan fingerprint density at radius 1 is 1.24 bits per heavy atom. The first kappa shape index (κ1) is 26.7. The second-order valence-corrected chi connectivity index (χ2v) is 9.65. The monoisotopic (exact) mass is 515 g/mol. The molecule has 1 saturated carbocycles. The number of nitrogens with one attached hydrogen (secondary N) is 2. The zero-order valence-corrected chi connectivity index (χ0v) is 21.1. The average Bonchev–Trinajstić information content (AvgIpc) is 2.85. The zero-order valence-electron chi connectivity index (χ0n) is 21.1. The lowest BCUT2D eigenvalue weighted by molar-refractivity contribution is -0.137. The topological polar surface area (TPSA) is 74.6 Å². The van der Waals surface area contributed by atoms with Gasteiger partial charge in [0.25, 0.3) is 0 Å². The summed E-state index contributed by atoms with van der Waals surface area (Å²) in [5.41, 5.74) is 1.66. The van der Waals surface area contributed by atoms with E-state index >= 15 is 0 Å². The Morgan fingerprint density at radius 2 is 1.97 bits per heavy atom. The fourth-order valence-electron chi connectivity index (χ4n) is 4.99. The van der Waals surface area contributed by atoms with E-state index in [1.807, 2.05) is 6.92 Å². The molecule has 1 unspecified atom stereocenters. The van der Waals surface area contributed by atoms with Crippen molar-refractivity contribution in [2.45, 2.75) is 38.5 Å². The van der Waals surface area contributed by atoms with Crippen molar-refractivity contribution in [1.29, 1.82) is 5.41 Å². The summed E-state index contributed by atoms with van der Waals surface area (Å²) in [6.45, 7) is 7.37. The number of rotatable bonds is 6. The number of anilines is 1. The lowest BCUT2D eigenvalue weighted by atomic mass is 9.82. The van der Waals surface area contributed by atoms with E-state index in [4.69, 9.17) is 14.9 Å². The Balaban J connectivity index is 1.67. The SMILES string of the molecule is C=C1CC(=O)C[C@@H](C(C)OC2=CC(c3ccc(N4CCOCC4)c(C(F)(F)F)c3)=CC(=N)/C2=C\NC)C1. The van der Waals surface area contributed by atoms with Gasteiger partial charge in [0.2, 0.25) is 0 Å². The van der Waals surface area contributed by atoms with Crippen LogP contribution in [0.2, 0.25) is 0 Å². The van der Waals surface area contributed by atoms with Crippen molar-refractivity contribution in [2.24, 2.45) is 5.92 Å². The van der Waals surface area contributed by atoms with Crippen LogP contribution in [0.25, 0.3) is 5.57 Å². The van der Waals surface area contributed by atoms with Gasteiger partial charge in [0.05, 0.1) is 36.2 Å². The highest BCUT2D eigenvalue weighted by molar-refractivity contribution is 6.15. The number of carbonyl (C=O) groups is 1. The quantitative estimate of drug-likeness (QED) is 0.505. The number of allylic oxidation sites excluding steroid dienone is 5. The van der Waals surface area contributed by atoms with Crippen LogP contribution in [0.5, 0.6) is 0 Å². The molecule has 2 aliphatic carbocycles. The van der Waals surface area contributed by atoms with Gasteiger partial charge in [-0.1, -0.05) is 18.2 Å². The van der Waals surface area contributed by atoms with E-state index in [2.05, 4.69) is 11.9 Å². The standard InChI is InChI=1S/C28H32F3N3O3/c1-17-10-20(12-22(35)11-17)18(2)37-27-15-21(14-25(32)23(27)16-33-3)19-4-5-26(24(13-19)28(29,30)31)34-6-8-36-9-7-34/h4-5,13-16,18,20,32-33H,1,6-12H2,2-3H3/b23-16+,32-25?/t18?,20-/m0/s1. The molecule has 0 bridgehead atoms. The summed E-state index contributed by atoms with van der Waals surface area (Å²) >= 11 is 0. The number of morpholine rings is 1. The first-order valence-corrected chi connectivity index (χ1v) is 12.4. The minimum absolute atomic E-state index is 0.0568. The molecule has 198 valence electrons. The fourth-order valence-corrected chi connectivity index (χ4v) is 4.99. The molecule has 9 heteroatoms. The molecule has 4 rings (SSSR count). The lowest BCUT2D eigenvalue weighted by Gasteiger charge is -2.32. The molecule has 1 aromatic carbocycles. The van der Waals surface area contributed by atoms with Crippen molar-refractivity contribution < 1.29 is 27.4 Å². The Hall–Kier alpha value is -3.33. The maximum atomic E-state index is 14.1. The number of benzene rings is 1. The molecular formula is C28H32F3N3O3. The van der Waals surface area contributed by atoms with Crippen LogP contribution in [-0.4, -0.2) is 50.9 Å². The van der Waals surface area contributed by atoms with Crippen LogP contribution >= 0.6 is 0 Å². The molecule has 1 aliphatic heterocycles. The highest BCUT2D eigenvalue weighted by atomic mass is 19.4. The minimum Gasteiger partial charge on any atom is -0.490 e. The Morgan fingerprint density at radius 3 is 2.62 bits per heavy atom. The van der Waals surface area contributed by atoms with E-state index < -0.39 is 11.7 Å². The summed E-state index contributed by atoms with van der Waals surface area (Å²) in [4.78, 5) is 13.8. The summed E-state index contributed by atoms with van der Waals surface area (Å²) in [6.07, 6.45) is 1.38. The van der Waals surface area contributed by atoms with Crippen LogP contribution in [0.1, 0.15) is 37.3 Å².